The minimum atomic E-state index is -0.320. The summed E-state index contributed by atoms with van der Waals surface area (Å²) in [6.45, 7) is 1.52. The molecule has 0 aliphatic heterocycles. The van der Waals surface area contributed by atoms with E-state index in [4.69, 9.17) is 9.72 Å². The first kappa shape index (κ1) is 26.0. The number of thiazole rings is 1. The molecule has 1 aliphatic carbocycles. The smallest absolute Gasteiger partial charge is 0.337 e. The molecule has 4 aromatic rings. The van der Waals surface area contributed by atoms with Crippen molar-refractivity contribution in [2.75, 3.05) is 24.4 Å². The second-order valence-electron chi connectivity index (χ2n) is 10.1. The Kier molecular flexibility index (Phi) is 8.39. The average molecular weight is 526 g/mol. The lowest BCUT2D eigenvalue weighted by Crippen LogP contribution is -2.16. The predicted octanol–water partition coefficient (Wildman–Crippen LogP) is 7.89. The summed E-state index contributed by atoms with van der Waals surface area (Å²) in [7, 11) is 3.43. The Balaban J connectivity index is 1.14. The second-order valence-corrected chi connectivity index (χ2v) is 10.9. The lowest BCUT2D eigenvalue weighted by atomic mass is 9.84. The normalized spacial score (nSPS) is 13.7. The Labute approximate surface area is 229 Å². The van der Waals surface area contributed by atoms with E-state index in [1.807, 2.05) is 19.2 Å². The largest absolute Gasteiger partial charge is 0.465 e. The molecule has 3 aromatic carbocycles. The molecule has 0 bridgehead atoms. The van der Waals surface area contributed by atoms with Crippen LogP contribution in [0.1, 0.15) is 65.1 Å². The number of rotatable bonds is 9. The van der Waals surface area contributed by atoms with Crippen molar-refractivity contribution >= 4 is 28.1 Å². The molecule has 6 heteroatoms. The van der Waals surface area contributed by atoms with Crippen LogP contribution in [0, 0.1) is 0 Å². The molecule has 0 saturated heterocycles. The van der Waals surface area contributed by atoms with Gasteiger partial charge < -0.3 is 15.0 Å². The Morgan fingerprint density at radius 1 is 0.947 bits per heavy atom. The van der Waals surface area contributed by atoms with Gasteiger partial charge in [0, 0.05) is 36.8 Å². The van der Waals surface area contributed by atoms with Crippen LogP contribution in [-0.4, -0.2) is 25.1 Å². The van der Waals surface area contributed by atoms with Crippen molar-refractivity contribution < 1.29 is 9.53 Å². The van der Waals surface area contributed by atoms with E-state index in [1.54, 1.807) is 23.5 Å². The Morgan fingerprint density at radius 3 is 2.32 bits per heavy atom. The zero-order valence-electron chi connectivity index (χ0n) is 22.2. The zero-order valence-corrected chi connectivity index (χ0v) is 23.0. The van der Waals surface area contributed by atoms with E-state index in [0.29, 0.717) is 12.1 Å². The van der Waals surface area contributed by atoms with Gasteiger partial charge in [-0.25, -0.2) is 9.78 Å². The Hall–Kier alpha value is -3.64. The molecule has 1 aromatic heterocycles. The molecule has 5 nitrogen and oxygen atoms in total. The molecule has 1 heterocycles. The summed E-state index contributed by atoms with van der Waals surface area (Å²) in [5, 5.41) is 6.60. The maximum absolute atomic E-state index is 11.6. The molecule has 1 aliphatic rings. The number of anilines is 2. The highest BCUT2D eigenvalue weighted by atomic mass is 32.1. The van der Waals surface area contributed by atoms with E-state index in [9.17, 15) is 4.79 Å². The molecular formula is C32H35N3O2S. The number of hydrogen-bond donors (Lipinski definition) is 1. The fraction of sp³-hybridized carbons (Fsp3) is 0.312. The number of carbonyl (C=O) groups is 1. The molecule has 0 spiro atoms. The number of carbonyl (C=O) groups excluding carboxylic acids is 1. The van der Waals surface area contributed by atoms with Crippen LogP contribution in [0.4, 0.5) is 10.8 Å². The van der Waals surface area contributed by atoms with Crippen molar-refractivity contribution in [1.82, 2.24) is 4.98 Å². The lowest BCUT2D eigenvalue weighted by molar-refractivity contribution is 0.0600. The number of esters is 1. The fourth-order valence-electron chi connectivity index (χ4n) is 5.08. The SMILES string of the molecule is COC(=O)c1ccc(CN(C)c2nc(-c3ccc(NCc4ccc(C5CCCCC5)cc4)cc3)cs2)cc1. The first-order valence-electron chi connectivity index (χ1n) is 13.4. The maximum atomic E-state index is 11.6. The summed E-state index contributed by atoms with van der Waals surface area (Å²) in [5.74, 6) is 0.433. The van der Waals surface area contributed by atoms with E-state index >= 15 is 0 Å². The molecule has 1 saturated carbocycles. The van der Waals surface area contributed by atoms with Crippen molar-refractivity contribution in [1.29, 1.82) is 0 Å². The third kappa shape index (κ3) is 6.43. The molecular weight excluding hydrogens is 490 g/mol. The van der Waals surface area contributed by atoms with E-state index in [2.05, 4.69) is 64.1 Å². The molecule has 0 unspecified atom stereocenters. The van der Waals surface area contributed by atoms with E-state index in [1.165, 1.54) is 50.3 Å². The molecule has 196 valence electrons. The molecule has 0 radical (unpaired) electrons. The van der Waals surface area contributed by atoms with Gasteiger partial charge in [0.05, 0.1) is 18.4 Å². The number of hydrogen-bond acceptors (Lipinski definition) is 6. The molecule has 38 heavy (non-hydrogen) atoms. The van der Waals surface area contributed by atoms with Gasteiger partial charge in [0.15, 0.2) is 5.13 Å². The van der Waals surface area contributed by atoms with Crippen LogP contribution in [0.5, 0.6) is 0 Å². The number of nitrogens with one attached hydrogen (secondary N) is 1. The van der Waals surface area contributed by atoms with Crippen LogP contribution < -0.4 is 10.2 Å². The van der Waals surface area contributed by atoms with Crippen molar-refractivity contribution in [3.8, 4) is 11.3 Å². The van der Waals surface area contributed by atoms with Gasteiger partial charge in [-0.15, -0.1) is 11.3 Å². The number of benzene rings is 3. The first-order chi connectivity index (χ1) is 18.6. The monoisotopic (exact) mass is 525 g/mol. The van der Waals surface area contributed by atoms with Gasteiger partial charge in [0.1, 0.15) is 0 Å². The third-order valence-corrected chi connectivity index (χ3v) is 8.30. The topological polar surface area (TPSA) is 54.5 Å². The molecule has 1 fully saturated rings. The quantitative estimate of drug-likeness (QED) is 0.225. The number of methoxy groups -OCH3 is 1. The van der Waals surface area contributed by atoms with Gasteiger partial charge >= 0.3 is 5.97 Å². The van der Waals surface area contributed by atoms with Crippen molar-refractivity contribution in [3.63, 3.8) is 0 Å². The summed E-state index contributed by atoms with van der Waals surface area (Å²) in [5.41, 5.74) is 7.65. The Bertz CT molecular complexity index is 1320. The average Bonchev–Trinajstić information content (AvgIpc) is 3.48. The van der Waals surface area contributed by atoms with E-state index in [0.717, 1.165) is 40.1 Å². The van der Waals surface area contributed by atoms with Crippen molar-refractivity contribution in [3.05, 3.63) is 100 Å². The third-order valence-electron chi connectivity index (χ3n) is 7.35. The Morgan fingerprint density at radius 2 is 1.63 bits per heavy atom. The second kappa shape index (κ2) is 12.3. The number of nitrogens with zero attached hydrogens (tertiary/aromatic N) is 2. The summed E-state index contributed by atoms with van der Waals surface area (Å²) in [6.07, 6.45) is 6.82. The van der Waals surface area contributed by atoms with Crippen molar-refractivity contribution in [2.24, 2.45) is 0 Å². The van der Waals surface area contributed by atoms with E-state index in [-0.39, 0.29) is 5.97 Å². The van der Waals surface area contributed by atoms with Gasteiger partial charge in [-0.3, -0.25) is 0 Å². The first-order valence-corrected chi connectivity index (χ1v) is 14.2. The molecule has 5 rings (SSSR count). The predicted molar refractivity (Wildman–Crippen MR) is 157 cm³/mol. The maximum Gasteiger partial charge on any atom is 0.337 e. The van der Waals surface area contributed by atoms with Gasteiger partial charge in [-0.2, -0.15) is 0 Å². The van der Waals surface area contributed by atoms with E-state index < -0.39 is 0 Å². The summed E-state index contributed by atoms with van der Waals surface area (Å²) >= 11 is 1.63. The van der Waals surface area contributed by atoms with Crippen LogP contribution >= 0.6 is 11.3 Å². The summed E-state index contributed by atoms with van der Waals surface area (Å²) < 4.78 is 4.77. The fourth-order valence-corrected chi connectivity index (χ4v) is 5.89. The summed E-state index contributed by atoms with van der Waals surface area (Å²) in [6, 6.07) is 25.2. The van der Waals surface area contributed by atoms with Gasteiger partial charge in [0.2, 0.25) is 0 Å². The van der Waals surface area contributed by atoms with Crippen LogP contribution in [-0.2, 0) is 17.8 Å². The minimum absolute atomic E-state index is 0.320. The van der Waals surface area contributed by atoms with Gasteiger partial charge in [0.25, 0.3) is 0 Å². The summed E-state index contributed by atoms with van der Waals surface area (Å²) in [4.78, 5) is 18.6. The minimum Gasteiger partial charge on any atom is -0.465 e. The highest BCUT2D eigenvalue weighted by Gasteiger charge is 2.15. The lowest BCUT2D eigenvalue weighted by Gasteiger charge is -2.22. The van der Waals surface area contributed by atoms with Crippen LogP contribution in [0.25, 0.3) is 11.3 Å². The molecule has 0 atom stereocenters. The number of ether oxygens (including phenoxy) is 1. The van der Waals surface area contributed by atoms with Crippen molar-refractivity contribution in [2.45, 2.75) is 51.1 Å². The van der Waals surface area contributed by atoms with Gasteiger partial charge in [-0.1, -0.05) is 67.8 Å². The molecule has 0 amide bonds. The highest BCUT2D eigenvalue weighted by Crippen LogP contribution is 2.33. The van der Waals surface area contributed by atoms with Gasteiger partial charge in [-0.05, 0) is 59.7 Å². The van der Waals surface area contributed by atoms with Crippen LogP contribution in [0.3, 0.4) is 0 Å². The molecule has 1 N–H and O–H groups in total. The standard InChI is InChI=1S/C32H35N3O2S/c1-35(21-24-10-14-28(15-11-24)31(36)37-2)32-34-30(22-38-32)27-16-18-29(19-17-27)33-20-23-8-12-26(13-9-23)25-6-4-3-5-7-25/h8-19,22,25,33H,3-7,20-21H2,1-2H3. The highest BCUT2D eigenvalue weighted by molar-refractivity contribution is 7.14. The number of aromatic nitrogens is 1. The van der Waals surface area contributed by atoms with Crippen LogP contribution in [0.2, 0.25) is 0 Å². The zero-order chi connectivity index (χ0) is 26.3. The van der Waals surface area contributed by atoms with Crippen LogP contribution in [0.15, 0.2) is 78.2 Å².